The van der Waals surface area contributed by atoms with E-state index in [4.69, 9.17) is 9.47 Å². The molecule has 0 unspecified atom stereocenters. The number of methoxy groups -OCH3 is 1. The Morgan fingerprint density at radius 2 is 1.93 bits per heavy atom. The van der Waals surface area contributed by atoms with Gasteiger partial charge in [0.1, 0.15) is 0 Å². The summed E-state index contributed by atoms with van der Waals surface area (Å²) in [6.45, 7) is 7.92. The van der Waals surface area contributed by atoms with E-state index in [0.717, 1.165) is 44.0 Å². The van der Waals surface area contributed by atoms with E-state index in [1.165, 1.54) is 0 Å². The minimum Gasteiger partial charge on any atom is -0.493 e. The van der Waals surface area contributed by atoms with E-state index in [9.17, 15) is 4.79 Å². The first kappa shape index (κ1) is 20.9. The molecule has 1 saturated heterocycles. The Morgan fingerprint density at radius 3 is 2.59 bits per heavy atom. The van der Waals surface area contributed by atoms with Crippen LogP contribution in [0.2, 0.25) is 0 Å². The van der Waals surface area contributed by atoms with Crippen LogP contribution in [0.1, 0.15) is 25.1 Å². The van der Waals surface area contributed by atoms with E-state index >= 15 is 0 Å². The Morgan fingerprint density at radius 1 is 1.14 bits per heavy atom. The van der Waals surface area contributed by atoms with Crippen molar-refractivity contribution in [1.82, 2.24) is 14.8 Å². The molecule has 3 rings (SSSR count). The predicted molar refractivity (Wildman–Crippen MR) is 114 cm³/mol. The maximum Gasteiger partial charge on any atom is 0.246 e. The Labute approximate surface area is 172 Å². The molecule has 1 aliphatic rings. The molecular weight excluding hydrogens is 366 g/mol. The first-order valence-corrected chi connectivity index (χ1v) is 9.99. The zero-order valence-electron chi connectivity index (χ0n) is 17.4. The van der Waals surface area contributed by atoms with Crippen LogP contribution in [0.15, 0.2) is 48.7 Å². The lowest BCUT2D eigenvalue weighted by molar-refractivity contribution is -0.127. The van der Waals surface area contributed by atoms with Crippen LogP contribution in [0.3, 0.4) is 0 Å². The minimum atomic E-state index is 0.0314. The molecule has 154 valence electrons. The van der Waals surface area contributed by atoms with Crippen LogP contribution >= 0.6 is 0 Å². The Balaban J connectivity index is 1.53. The Kier molecular flexibility index (Phi) is 7.25. The van der Waals surface area contributed by atoms with Crippen LogP contribution in [0.4, 0.5) is 0 Å². The van der Waals surface area contributed by atoms with Gasteiger partial charge in [-0.1, -0.05) is 12.1 Å². The molecular formula is C23H29N3O3. The molecule has 1 aromatic carbocycles. The molecule has 0 radical (unpaired) electrons. The van der Waals surface area contributed by atoms with Gasteiger partial charge in [-0.25, -0.2) is 0 Å². The first-order chi connectivity index (χ1) is 14.0. The SMILES string of the molecule is COc1cc(/C=C/C(=O)N2CCN(Cc3ccccn3)CC2)ccc1OC(C)C. The van der Waals surface area contributed by atoms with Gasteiger partial charge in [-0.2, -0.15) is 0 Å². The van der Waals surface area contributed by atoms with Crippen LogP contribution < -0.4 is 9.47 Å². The number of benzene rings is 1. The monoisotopic (exact) mass is 395 g/mol. The molecule has 29 heavy (non-hydrogen) atoms. The largest absolute Gasteiger partial charge is 0.493 e. The summed E-state index contributed by atoms with van der Waals surface area (Å²) < 4.78 is 11.1. The summed E-state index contributed by atoms with van der Waals surface area (Å²) >= 11 is 0. The Hall–Kier alpha value is -2.86. The lowest BCUT2D eigenvalue weighted by Gasteiger charge is -2.34. The van der Waals surface area contributed by atoms with Crippen molar-refractivity contribution >= 4 is 12.0 Å². The van der Waals surface area contributed by atoms with E-state index in [-0.39, 0.29) is 12.0 Å². The summed E-state index contributed by atoms with van der Waals surface area (Å²) in [5.41, 5.74) is 1.96. The highest BCUT2D eigenvalue weighted by Crippen LogP contribution is 2.29. The number of piperazine rings is 1. The molecule has 0 bridgehead atoms. The highest BCUT2D eigenvalue weighted by Gasteiger charge is 2.19. The number of rotatable bonds is 7. The summed E-state index contributed by atoms with van der Waals surface area (Å²) in [7, 11) is 1.62. The zero-order valence-corrected chi connectivity index (χ0v) is 17.4. The summed E-state index contributed by atoms with van der Waals surface area (Å²) in [4.78, 5) is 21.1. The first-order valence-electron chi connectivity index (χ1n) is 9.99. The fourth-order valence-electron chi connectivity index (χ4n) is 3.26. The molecule has 2 aromatic rings. The van der Waals surface area contributed by atoms with Crippen molar-refractivity contribution < 1.29 is 14.3 Å². The molecule has 0 N–H and O–H groups in total. The maximum absolute atomic E-state index is 12.6. The van der Waals surface area contributed by atoms with Crippen molar-refractivity contribution in [2.24, 2.45) is 0 Å². The van der Waals surface area contributed by atoms with Crippen molar-refractivity contribution in [3.8, 4) is 11.5 Å². The van der Waals surface area contributed by atoms with E-state index < -0.39 is 0 Å². The van der Waals surface area contributed by atoms with E-state index in [1.54, 1.807) is 13.2 Å². The van der Waals surface area contributed by atoms with Gasteiger partial charge in [0.25, 0.3) is 0 Å². The Bertz CT molecular complexity index is 829. The van der Waals surface area contributed by atoms with Crippen LogP contribution in [0.25, 0.3) is 6.08 Å². The summed E-state index contributed by atoms with van der Waals surface area (Å²) in [5, 5.41) is 0. The van der Waals surface area contributed by atoms with Gasteiger partial charge in [0.15, 0.2) is 11.5 Å². The maximum atomic E-state index is 12.6. The van der Waals surface area contributed by atoms with Crippen molar-refractivity contribution in [1.29, 1.82) is 0 Å². The highest BCUT2D eigenvalue weighted by molar-refractivity contribution is 5.92. The highest BCUT2D eigenvalue weighted by atomic mass is 16.5. The number of ether oxygens (including phenoxy) is 2. The van der Waals surface area contributed by atoms with Crippen molar-refractivity contribution in [2.45, 2.75) is 26.5 Å². The third-order valence-electron chi connectivity index (χ3n) is 4.76. The number of hydrogen-bond acceptors (Lipinski definition) is 5. The third-order valence-corrected chi connectivity index (χ3v) is 4.76. The number of carbonyl (C=O) groups is 1. The van der Waals surface area contributed by atoms with Crippen molar-refractivity contribution in [3.63, 3.8) is 0 Å². The normalized spacial score (nSPS) is 15.1. The van der Waals surface area contributed by atoms with Gasteiger partial charge in [-0.3, -0.25) is 14.7 Å². The van der Waals surface area contributed by atoms with Gasteiger partial charge in [-0.05, 0) is 49.8 Å². The summed E-state index contributed by atoms with van der Waals surface area (Å²) in [6.07, 6.45) is 5.34. The molecule has 1 aliphatic heterocycles. The van der Waals surface area contributed by atoms with E-state index in [2.05, 4.69) is 9.88 Å². The summed E-state index contributed by atoms with van der Waals surface area (Å²) in [5.74, 6) is 1.40. The fourth-order valence-corrected chi connectivity index (χ4v) is 3.26. The van der Waals surface area contributed by atoms with Crippen LogP contribution in [0.5, 0.6) is 11.5 Å². The minimum absolute atomic E-state index is 0.0314. The van der Waals surface area contributed by atoms with Gasteiger partial charge in [0, 0.05) is 45.0 Å². The van der Waals surface area contributed by atoms with Crippen LogP contribution in [-0.4, -0.2) is 60.1 Å². The van der Waals surface area contributed by atoms with Crippen molar-refractivity contribution in [2.75, 3.05) is 33.3 Å². The molecule has 0 saturated carbocycles. The number of nitrogens with zero attached hydrogens (tertiary/aromatic N) is 3. The topological polar surface area (TPSA) is 54.9 Å². The molecule has 6 nitrogen and oxygen atoms in total. The van der Waals surface area contributed by atoms with E-state index in [0.29, 0.717) is 11.5 Å². The molecule has 0 aliphatic carbocycles. The summed E-state index contributed by atoms with van der Waals surface area (Å²) in [6, 6.07) is 11.6. The van der Waals surface area contributed by atoms with Gasteiger partial charge >= 0.3 is 0 Å². The van der Waals surface area contributed by atoms with E-state index in [1.807, 2.05) is 67.4 Å². The molecule has 1 aromatic heterocycles. The molecule has 0 spiro atoms. The van der Waals surface area contributed by atoms with Gasteiger partial charge in [0.05, 0.1) is 18.9 Å². The lowest BCUT2D eigenvalue weighted by Crippen LogP contribution is -2.47. The predicted octanol–water partition coefficient (Wildman–Crippen LogP) is 3.24. The molecule has 2 heterocycles. The van der Waals surface area contributed by atoms with Crippen molar-refractivity contribution in [3.05, 3.63) is 59.9 Å². The molecule has 0 atom stereocenters. The standard InChI is InChI=1S/C23H29N3O3/c1-18(2)29-21-9-7-19(16-22(21)28-3)8-10-23(27)26-14-12-25(13-15-26)17-20-6-4-5-11-24-20/h4-11,16,18H,12-15,17H2,1-3H3/b10-8+. The number of pyridine rings is 1. The molecule has 6 heteroatoms. The quantitative estimate of drug-likeness (QED) is 0.674. The number of carbonyl (C=O) groups excluding carboxylic acids is 1. The average molecular weight is 396 g/mol. The number of hydrogen-bond donors (Lipinski definition) is 0. The second-order valence-electron chi connectivity index (χ2n) is 7.33. The number of amides is 1. The average Bonchev–Trinajstić information content (AvgIpc) is 2.73. The van der Waals surface area contributed by atoms with Crippen LogP contribution in [-0.2, 0) is 11.3 Å². The molecule has 1 fully saturated rings. The van der Waals surface area contributed by atoms with Gasteiger partial charge in [0.2, 0.25) is 5.91 Å². The second kappa shape index (κ2) is 10.1. The fraction of sp³-hybridized carbons (Fsp3) is 0.391. The van der Waals surface area contributed by atoms with Gasteiger partial charge in [-0.15, -0.1) is 0 Å². The molecule has 1 amide bonds. The van der Waals surface area contributed by atoms with Gasteiger partial charge < -0.3 is 14.4 Å². The smallest absolute Gasteiger partial charge is 0.246 e. The van der Waals surface area contributed by atoms with Crippen LogP contribution in [0, 0.1) is 0 Å². The third kappa shape index (κ3) is 6.06. The second-order valence-corrected chi connectivity index (χ2v) is 7.33. The lowest BCUT2D eigenvalue weighted by atomic mass is 10.1. The zero-order chi connectivity index (χ0) is 20.6. The number of aromatic nitrogens is 1.